The first-order chi connectivity index (χ1) is 36.5. The largest absolute Gasteiger partial charge is 0.545 e. The third-order valence-corrected chi connectivity index (χ3v) is 14.8. The Kier molecular flexibility index (Phi) is 21.6. The van der Waals surface area contributed by atoms with Crippen LogP contribution in [0.3, 0.4) is 0 Å². The number of ketones is 2. The Morgan fingerprint density at radius 3 is 1.49 bits per heavy atom. The summed E-state index contributed by atoms with van der Waals surface area (Å²) in [6.45, 7) is 16.1. The van der Waals surface area contributed by atoms with E-state index in [9.17, 15) is 19.8 Å². The number of para-hydroxylation sites is 3. The summed E-state index contributed by atoms with van der Waals surface area (Å²) in [5, 5.41) is 24.6. The summed E-state index contributed by atoms with van der Waals surface area (Å²) >= 11 is 0. The molecule has 406 valence electrons. The molecule has 0 unspecified atom stereocenters. The van der Waals surface area contributed by atoms with E-state index in [1.54, 1.807) is 0 Å². The van der Waals surface area contributed by atoms with Gasteiger partial charge in [-0.3, -0.25) is 19.6 Å². The van der Waals surface area contributed by atoms with Gasteiger partial charge in [0.2, 0.25) is 5.71 Å². The fourth-order valence-corrected chi connectivity index (χ4v) is 10.2. The van der Waals surface area contributed by atoms with Gasteiger partial charge >= 0.3 is 0 Å². The number of aliphatic hydroxyl groups excluding tert-OH is 2. The Morgan fingerprint density at radius 2 is 0.961 bits per heavy atom. The number of hydrogen-bond donors (Lipinski definition) is 2. The van der Waals surface area contributed by atoms with E-state index in [1.165, 1.54) is 12.2 Å². The van der Waals surface area contributed by atoms with E-state index in [0.29, 0.717) is 5.71 Å². The van der Waals surface area contributed by atoms with E-state index < -0.39 is 0 Å². The molecule has 0 saturated heterocycles. The molecule has 11 heteroatoms. The molecule has 0 aliphatic heterocycles. The van der Waals surface area contributed by atoms with Gasteiger partial charge < -0.3 is 23.6 Å². The van der Waals surface area contributed by atoms with Gasteiger partial charge in [-0.25, -0.2) is 0 Å². The molecule has 0 atom stereocenters. The quantitative estimate of drug-likeness (QED) is 0.0523. The number of carbonyl (C=O) groups excluding carboxylic acids is 2. The van der Waals surface area contributed by atoms with Crippen LogP contribution < -0.4 is 0 Å². The number of aromatic nitrogens is 3. The molecule has 10 aromatic rings. The maximum absolute atomic E-state index is 11.7. The van der Waals surface area contributed by atoms with Gasteiger partial charge in [0.1, 0.15) is 5.58 Å². The molecule has 0 aliphatic rings. The number of furan rings is 2. The van der Waals surface area contributed by atoms with Crippen LogP contribution in [0.4, 0.5) is 0 Å². The van der Waals surface area contributed by atoms with Crippen molar-refractivity contribution in [2.24, 2.45) is 23.7 Å². The fourth-order valence-electron chi connectivity index (χ4n) is 10.2. The zero-order valence-electron chi connectivity index (χ0n) is 45.2. The van der Waals surface area contributed by atoms with Gasteiger partial charge in [-0.1, -0.05) is 150 Å². The first kappa shape index (κ1) is 59.8. The van der Waals surface area contributed by atoms with Gasteiger partial charge in [0.15, 0.2) is 11.6 Å². The molecule has 10 rings (SSSR count). The molecule has 77 heavy (non-hydrogen) atoms. The summed E-state index contributed by atoms with van der Waals surface area (Å²) in [7, 11) is 0. The average molecular weight is 1390 g/mol. The van der Waals surface area contributed by atoms with Crippen molar-refractivity contribution < 1.29 is 70.8 Å². The van der Waals surface area contributed by atoms with Crippen molar-refractivity contribution in [3.63, 3.8) is 0 Å². The van der Waals surface area contributed by atoms with Gasteiger partial charge in [-0.15, -0.1) is 36.4 Å². The number of nitrogens with zero attached hydrogens (tertiary/aromatic N) is 3. The summed E-state index contributed by atoms with van der Waals surface area (Å²) in [4.78, 5) is 33.6. The molecule has 0 spiro atoms. The number of benzene rings is 5. The summed E-state index contributed by atoms with van der Waals surface area (Å²) in [6, 6.07) is 49.9. The van der Waals surface area contributed by atoms with E-state index in [2.05, 4.69) is 89.5 Å². The Balaban J connectivity index is 0.000000251. The zero-order chi connectivity index (χ0) is 53.2. The van der Waals surface area contributed by atoms with Crippen LogP contribution >= 0.6 is 0 Å². The Labute approximate surface area is 481 Å². The van der Waals surface area contributed by atoms with Crippen LogP contribution in [-0.4, -0.2) is 36.3 Å². The standard InChI is InChI=1S/C40H21N3O2.2C13H24O2.2Pt/c1-2-10-24(11-3-1)43-34-18-6-4-13-31(34)37-35(43)23-22-32(41-37)29-16-8-14-26-27-15-9-17-30(39(27)45-38(26)29)33-21-20-28-25-12-5-7-19-36(25)44-40(28)42-33;2*1-5-10(6-2)12(14)9-13(15)11(7-3)8-4;;/h1-15,18-23H;2*9-11,14H,5-8H2,1-4H3;;/q-2;;;;/b;2*12-9-;;. The number of allylic oxidation sites excluding steroid dienone is 4. The predicted molar refractivity (Wildman–Crippen MR) is 307 cm³/mol. The van der Waals surface area contributed by atoms with Crippen LogP contribution in [0.25, 0.3) is 94.1 Å². The molecule has 5 aromatic heterocycles. The van der Waals surface area contributed by atoms with Crippen LogP contribution in [0.5, 0.6) is 0 Å². The Morgan fingerprint density at radius 1 is 0.494 bits per heavy atom. The third-order valence-electron chi connectivity index (χ3n) is 14.8. The summed E-state index contributed by atoms with van der Waals surface area (Å²) in [5.74, 6) is 1.09. The second kappa shape index (κ2) is 27.8. The number of carbonyl (C=O) groups is 2. The van der Waals surface area contributed by atoms with Gasteiger partial charge in [-0.05, 0) is 93.1 Å². The normalized spacial score (nSPS) is 11.9. The second-order valence-corrected chi connectivity index (χ2v) is 19.2. The van der Waals surface area contributed by atoms with E-state index in [0.717, 1.165) is 140 Å². The minimum atomic E-state index is 0. The maximum atomic E-state index is 11.7. The summed E-state index contributed by atoms with van der Waals surface area (Å²) < 4.78 is 15.0. The van der Waals surface area contributed by atoms with E-state index in [1.807, 2.05) is 110 Å². The van der Waals surface area contributed by atoms with Crippen LogP contribution in [0.1, 0.15) is 107 Å². The maximum Gasteiger partial charge on any atom is 0.218 e. The molecule has 2 N–H and O–H groups in total. The molecular weight excluding hydrogens is 1320 g/mol. The molecule has 0 aliphatic carbocycles. The zero-order valence-corrected chi connectivity index (χ0v) is 49.8. The van der Waals surface area contributed by atoms with Crippen molar-refractivity contribution >= 4 is 77.5 Å². The van der Waals surface area contributed by atoms with Crippen LogP contribution in [0, 0.1) is 35.8 Å². The molecule has 0 radical (unpaired) electrons. The average Bonchev–Trinajstić information content (AvgIpc) is 4.14. The molecule has 0 bridgehead atoms. The van der Waals surface area contributed by atoms with Crippen molar-refractivity contribution in [2.75, 3.05) is 0 Å². The van der Waals surface area contributed by atoms with Gasteiger partial charge in [0, 0.05) is 111 Å². The van der Waals surface area contributed by atoms with E-state index in [-0.39, 0.29) is 88.9 Å². The van der Waals surface area contributed by atoms with Gasteiger partial charge in [0.25, 0.3) is 0 Å². The van der Waals surface area contributed by atoms with Crippen molar-refractivity contribution in [2.45, 2.75) is 107 Å². The molecule has 9 nitrogen and oxygen atoms in total. The minimum Gasteiger partial charge on any atom is -0.545 e. The predicted octanol–water partition coefficient (Wildman–Crippen LogP) is 18.0. The van der Waals surface area contributed by atoms with Crippen LogP contribution in [0.15, 0.2) is 160 Å². The fraction of sp³-hybridized carbons (Fsp3) is 0.303. The van der Waals surface area contributed by atoms with Crippen molar-refractivity contribution in [3.05, 3.63) is 163 Å². The molecule has 0 fully saturated rings. The summed E-state index contributed by atoms with van der Waals surface area (Å²) in [6.07, 6.45) is 9.81. The first-order valence-corrected chi connectivity index (χ1v) is 26.9. The molecule has 5 aromatic carbocycles. The van der Waals surface area contributed by atoms with Crippen LogP contribution in [0.2, 0.25) is 0 Å². The minimum absolute atomic E-state index is 0. The monoisotopic (exact) mass is 1390 g/mol. The van der Waals surface area contributed by atoms with E-state index >= 15 is 0 Å². The van der Waals surface area contributed by atoms with Crippen molar-refractivity contribution in [3.8, 4) is 28.2 Å². The SMILES string of the molecule is CCC(CC)C(=O)/C=C(\O)C(CC)CC.CCC(CC)C(=O)/C=C(\O)C(CC)CC.[Pt].[Pt].[c-]1ccc2c(oc3c(-c4ccc5c(n4)c4ccccc4n5-c4ccccc4)[c-]ccc32)c1-c1ccc2c(n1)oc1ccccc12. The van der Waals surface area contributed by atoms with E-state index in [4.69, 9.17) is 18.8 Å². The number of aliphatic hydroxyl groups is 2. The second-order valence-electron chi connectivity index (χ2n) is 19.2. The van der Waals surface area contributed by atoms with Crippen molar-refractivity contribution in [1.29, 1.82) is 0 Å². The van der Waals surface area contributed by atoms with Crippen LogP contribution in [-0.2, 0) is 51.7 Å². The smallest absolute Gasteiger partial charge is 0.218 e. The number of rotatable bonds is 17. The van der Waals surface area contributed by atoms with Crippen molar-refractivity contribution in [1.82, 2.24) is 14.5 Å². The third kappa shape index (κ3) is 12.8. The molecular formula is C66H69N3O6Pt2-2. The molecule has 5 heterocycles. The number of pyridine rings is 2. The topological polar surface area (TPSA) is 132 Å². The summed E-state index contributed by atoms with van der Waals surface area (Å²) in [5.41, 5.74) is 10.2. The molecule has 0 amide bonds. The number of hydrogen-bond acceptors (Lipinski definition) is 8. The Hall–Kier alpha value is -6.40. The molecule has 0 saturated carbocycles. The number of fused-ring (bicyclic) bond motifs is 9. The van der Waals surface area contributed by atoms with Gasteiger partial charge in [-0.2, -0.15) is 0 Å². The van der Waals surface area contributed by atoms with Gasteiger partial charge in [0.05, 0.1) is 28.1 Å². The Bertz CT molecular complexity index is 3600. The first-order valence-electron chi connectivity index (χ1n) is 26.9.